The number of carbonyl (C=O) groups is 1. The fraction of sp³-hybridized carbons (Fsp3) is 0.381. The van der Waals surface area contributed by atoms with Gasteiger partial charge < -0.3 is 10.1 Å². The number of methoxy groups -OCH3 is 1. The molecule has 1 fully saturated rings. The molecule has 0 aliphatic carbocycles. The van der Waals surface area contributed by atoms with Crippen LogP contribution in [0, 0.1) is 11.7 Å². The quantitative estimate of drug-likeness (QED) is 0.777. The SMILES string of the molecule is CCc1ccc(NC(=O)C2CCN(S(=O)(=O)c3cc(F)ccc3OC)CC2)cc1. The number of benzene rings is 2. The number of amides is 1. The molecule has 2 aromatic rings. The highest BCUT2D eigenvalue weighted by atomic mass is 32.2. The molecule has 3 rings (SSSR count). The minimum absolute atomic E-state index is 0.0989. The van der Waals surface area contributed by atoms with Crippen LogP contribution < -0.4 is 10.1 Å². The lowest BCUT2D eigenvalue weighted by molar-refractivity contribution is -0.120. The van der Waals surface area contributed by atoms with E-state index in [1.165, 1.54) is 23.0 Å². The van der Waals surface area contributed by atoms with Crippen molar-refractivity contribution in [3.63, 3.8) is 0 Å². The van der Waals surface area contributed by atoms with Crippen molar-refractivity contribution in [2.24, 2.45) is 5.92 Å². The summed E-state index contributed by atoms with van der Waals surface area (Å²) in [6, 6.07) is 11.1. The number of hydrogen-bond donors (Lipinski definition) is 1. The molecule has 1 saturated heterocycles. The third-order valence-corrected chi connectivity index (χ3v) is 7.12. The average molecular weight is 421 g/mol. The third kappa shape index (κ3) is 4.76. The number of halogens is 1. The predicted molar refractivity (Wildman–Crippen MR) is 109 cm³/mol. The van der Waals surface area contributed by atoms with E-state index in [1.807, 2.05) is 24.3 Å². The van der Waals surface area contributed by atoms with Crippen molar-refractivity contribution in [2.45, 2.75) is 31.1 Å². The summed E-state index contributed by atoms with van der Waals surface area (Å²) in [5.41, 5.74) is 1.92. The van der Waals surface area contributed by atoms with Crippen LogP contribution in [0.3, 0.4) is 0 Å². The third-order valence-electron chi connectivity index (χ3n) is 5.20. The van der Waals surface area contributed by atoms with Gasteiger partial charge in [0, 0.05) is 24.7 Å². The van der Waals surface area contributed by atoms with E-state index in [9.17, 15) is 17.6 Å². The van der Waals surface area contributed by atoms with Gasteiger partial charge >= 0.3 is 0 Å². The summed E-state index contributed by atoms with van der Waals surface area (Å²) in [5, 5.41) is 2.90. The molecule has 156 valence electrons. The standard InChI is InChI=1S/C21H25FN2O4S/c1-3-15-4-7-18(8-5-15)23-21(25)16-10-12-24(13-11-16)29(26,27)20-14-17(22)6-9-19(20)28-2/h4-9,14,16H,3,10-13H2,1-2H3,(H,23,25). The largest absolute Gasteiger partial charge is 0.495 e. The number of nitrogens with zero attached hydrogens (tertiary/aromatic N) is 1. The molecule has 29 heavy (non-hydrogen) atoms. The van der Waals surface area contributed by atoms with Crippen LogP contribution in [-0.2, 0) is 21.2 Å². The molecule has 6 nitrogen and oxygen atoms in total. The first-order valence-electron chi connectivity index (χ1n) is 9.58. The Balaban J connectivity index is 1.65. The van der Waals surface area contributed by atoms with Gasteiger partial charge in [0.1, 0.15) is 16.5 Å². The fourth-order valence-electron chi connectivity index (χ4n) is 3.42. The van der Waals surface area contributed by atoms with Gasteiger partial charge in [-0.25, -0.2) is 12.8 Å². The zero-order valence-corrected chi connectivity index (χ0v) is 17.3. The Hall–Kier alpha value is -2.45. The highest BCUT2D eigenvalue weighted by Gasteiger charge is 2.34. The topological polar surface area (TPSA) is 75.7 Å². The van der Waals surface area contributed by atoms with E-state index < -0.39 is 15.8 Å². The lowest BCUT2D eigenvalue weighted by atomic mass is 9.97. The molecule has 8 heteroatoms. The molecule has 0 unspecified atom stereocenters. The summed E-state index contributed by atoms with van der Waals surface area (Å²) >= 11 is 0. The molecule has 1 amide bonds. The zero-order chi connectivity index (χ0) is 21.0. The zero-order valence-electron chi connectivity index (χ0n) is 16.5. The Morgan fingerprint density at radius 3 is 2.41 bits per heavy atom. The van der Waals surface area contributed by atoms with E-state index in [1.54, 1.807) is 0 Å². The summed E-state index contributed by atoms with van der Waals surface area (Å²) < 4.78 is 45.8. The number of sulfonamides is 1. The molecule has 0 radical (unpaired) electrons. The van der Waals surface area contributed by atoms with Gasteiger partial charge in [-0.05, 0) is 55.2 Å². The van der Waals surface area contributed by atoms with Gasteiger partial charge in [-0.3, -0.25) is 4.79 Å². The van der Waals surface area contributed by atoms with Crippen molar-refractivity contribution in [1.29, 1.82) is 0 Å². The highest BCUT2D eigenvalue weighted by molar-refractivity contribution is 7.89. The van der Waals surface area contributed by atoms with Crippen LogP contribution >= 0.6 is 0 Å². The molecule has 0 aromatic heterocycles. The molecule has 0 saturated carbocycles. The van der Waals surface area contributed by atoms with Crippen LogP contribution in [0.5, 0.6) is 5.75 Å². The van der Waals surface area contributed by atoms with Gasteiger partial charge in [-0.15, -0.1) is 0 Å². The lowest BCUT2D eigenvalue weighted by Gasteiger charge is -2.30. The van der Waals surface area contributed by atoms with E-state index in [2.05, 4.69) is 12.2 Å². The minimum atomic E-state index is -3.91. The second-order valence-electron chi connectivity index (χ2n) is 7.01. The maximum absolute atomic E-state index is 13.6. The molecule has 0 bridgehead atoms. The number of rotatable bonds is 6. The number of anilines is 1. The fourth-order valence-corrected chi connectivity index (χ4v) is 5.05. The van der Waals surface area contributed by atoms with Gasteiger partial charge in [-0.1, -0.05) is 19.1 Å². The number of piperidine rings is 1. The molecule has 0 atom stereocenters. The van der Waals surface area contributed by atoms with Gasteiger partial charge in [0.15, 0.2) is 0 Å². The van der Waals surface area contributed by atoms with E-state index in [0.717, 1.165) is 24.2 Å². The van der Waals surface area contributed by atoms with Gasteiger partial charge in [0.2, 0.25) is 15.9 Å². The van der Waals surface area contributed by atoms with Crippen LogP contribution in [0.4, 0.5) is 10.1 Å². The summed E-state index contributed by atoms with van der Waals surface area (Å²) in [6.07, 6.45) is 1.72. The average Bonchev–Trinajstić information content (AvgIpc) is 2.74. The number of aryl methyl sites for hydroxylation is 1. The first-order valence-corrected chi connectivity index (χ1v) is 11.0. The summed E-state index contributed by atoms with van der Waals surface area (Å²) in [6.45, 7) is 2.44. The van der Waals surface area contributed by atoms with Gasteiger partial charge in [0.05, 0.1) is 7.11 Å². The number of hydrogen-bond acceptors (Lipinski definition) is 4. The van der Waals surface area contributed by atoms with Crippen LogP contribution in [0.1, 0.15) is 25.3 Å². The molecule has 1 aliphatic heterocycles. The summed E-state index contributed by atoms with van der Waals surface area (Å²) in [4.78, 5) is 12.3. The first-order chi connectivity index (χ1) is 13.8. The van der Waals surface area contributed by atoms with Crippen molar-refractivity contribution in [1.82, 2.24) is 4.31 Å². The number of nitrogens with one attached hydrogen (secondary N) is 1. The molecular formula is C21H25FN2O4S. The smallest absolute Gasteiger partial charge is 0.246 e. The normalized spacial score (nSPS) is 15.8. The van der Waals surface area contributed by atoms with Gasteiger partial charge in [-0.2, -0.15) is 4.31 Å². The van der Waals surface area contributed by atoms with E-state index in [0.29, 0.717) is 12.8 Å². The van der Waals surface area contributed by atoms with Crippen molar-refractivity contribution in [3.05, 3.63) is 53.8 Å². The van der Waals surface area contributed by atoms with Crippen LogP contribution in [0.2, 0.25) is 0 Å². The molecule has 2 aromatic carbocycles. The summed E-state index contributed by atoms with van der Waals surface area (Å²) in [5.74, 6) is -0.939. The highest BCUT2D eigenvalue weighted by Crippen LogP contribution is 2.30. The van der Waals surface area contributed by atoms with E-state index in [4.69, 9.17) is 4.74 Å². The van der Waals surface area contributed by atoms with Crippen molar-refractivity contribution in [2.75, 3.05) is 25.5 Å². The summed E-state index contributed by atoms with van der Waals surface area (Å²) in [7, 11) is -2.56. The molecule has 0 spiro atoms. The Morgan fingerprint density at radius 2 is 1.83 bits per heavy atom. The van der Waals surface area contributed by atoms with Crippen molar-refractivity contribution >= 4 is 21.6 Å². The van der Waals surface area contributed by atoms with E-state index >= 15 is 0 Å². The Morgan fingerprint density at radius 1 is 1.17 bits per heavy atom. The Kier molecular flexibility index (Phi) is 6.54. The molecule has 1 N–H and O–H groups in total. The second kappa shape index (κ2) is 8.92. The van der Waals surface area contributed by atoms with Crippen molar-refractivity contribution < 1.29 is 22.3 Å². The lowest BCUT2D eigenvalue weighted by Crippen LogP contribution is -2.41. The van der Waals surface area contributed by atoms with E-state index in [-0.39, 0.29) is 35.6 Å². The number of carbonyl (C=O) groups excluding carboxylic acids is 1. The molecule has 1 heterocycles. The minimum Gasteiger partial charge on any atom is -0.495 e. The Bertz CT molecular complexity index is 969. The van der Waals surface area contributed by atoms with Gasteiger partial charge in [0.25, 0.3) is 0 Å². The monoisotopic (exact) mass is 420 g/mol. The Labute approximate surface area is 170 Å². The second-order valence-corrected chi connectivity index (χ2v) is 8.92. The van der Waals surface area contributed by atoms with Crippen LogP contribution in [-0.4, -0.2) is 38.8 Å². The predicted octanol–water partition coefficient (Wildman–Crippen LogP) is 3.44. The number of ether oxygens (including phenoxy) is 1. The van der Waals surface area contributed by atoms with Crippen molar-refractivity contribution in [3.8, 4) is 5.75 Å². The molecule has 1 aliphatic rings. The maximum Gasteiger partial charge on any atom is 0.246 e. The van der Waals surface area contributed by atoms with Crippen LogP contribution in [0.15, 0.2) is 47.4 Å². The maximum atomic E-state index is 13.6. The first kappa shape index (κ1) is 21.3. The molecular weight excluding hydrogens is 395 g/mol. The van der Waals surface area contributed by atoms with Crippen LogP contribution in [0.25, 0.3) is 0 Å².